The molecule has 0 saturated heterocycles. The van der Waals surface area contributed by atoms with E-state index in [-0.39, 0.29) is 0 Å². The van der Waals surface area contributed by atoms with Crippen molar-refractivity contribution in [2.45, 2.75) is 13.3 Å². The summed E-state index contributed by atoms with van der Waals surface area (Å²) in [5.74, 6) is 0.576. The third-order valence-electron chi connectivity index (χ3n) is 6.11. The lowest BCUT2D eigenvalue weighted by molar-refractivity contribution is 0.740. The Labute approximate surface area is 175 Å². The molecule has 2 nitrogen and oxygen atoms in total. The Bertz CT molecular complexity index is 1480. The van der Waals surface area contributed by atoms with Crippen LogP contribution in [0, 0.1) is 5.92 Å². The van der Waals surface area contributed by atoms with E-state index in [4.69, 9.17) is 4.98 Å². The summed E-state index contributed by atoms with van der Waals surface area (Å²) >= 11 is 0. The zero-order chi connectivity index (χ0) is 20.1. The van der Waals surface area contributed by atoms with Gasteiger partial charge >= 0.3 is 0 Å². The Hall–Kier alpha value is -3.65. The van der Waals surface area contributed by atoms with Crippen LogP contribution < -0.4 is 0 Å². The van der Waals surface area contributed by atoms with Crippen LogP contribution in [0.4, 0.5) is 0 Å². The molecule has 144 valence electrons. The zero-order valence-electron chi connectivity index (χ0n) is 16.9. The van der Waals surface area contributed by atoms with Crippen LogP contribution >= 0.6 is 0 Å². The van der Waals surface area contributed by atoms with Crippen LogP contribution in [0.5, 0.6) is 0 Å². The van der Waals surface area contributed by atoms with Crippen molar-refractivity contribution in [2.75, 3.05) is 0 Å². The van der Waals surface area contributed by atoms with E-state index in [2.05, 4.69) is 109 Å². The number of rotatable bonds is 2. The summed E-state index contributed by atoms with van der Waals surface area (Å²) in [5, 5.41) is 2.40. The van der Waals surface area contributed by atoms with Crippen molar-refractivity contribution in [3.8, 4) is 11.1 Å². The molecule has 0 amide bonds. The minimum Gasteiger partial charge on any atom is -0.299 e. The molecule has 0 saturated carbocycles. The van der Waals surface area contributed by atoms with Gasteiger partial charge in [0.1, 0.15) is 5.65 Å². The van der Waals surface area contributed by atoms with Crippen molar-refractivity contribution in [1.29, 1.82) is 0 Å². The molecule has 3 aromatic carbocycles. The molecule has 30 heavy (non-hydrogen) atoms. The molecule has 0 bridgehead atoms. The van der Waals surface area contributed by atoms with E-state index in [1.807, 2.05) is 0 Å². The lowest BCUT2D eigenvalue weighted by Crippen LogP contribution is -1.96. The minimum absolute atomic E-state index is 0.576. The molecule has 2 heteroatoms. The van der Waals surface area contributed by atoms with Crippen molar-refractivity contribution in [2.24, 2.45) is 5.92 Å². The van der Waals surface area contributed by atoms with E-state index in [0.29, 0.717) is 5.92 Å². The fourth-order valence-electron chi connectivity index (χ4n) is 4.61. The van der Waals surface area contributed by atoms with Crippen molar-refractivity contribution < 1.29 is 0 Å². The van der Waals surface area contributed by atoms with Crippen molar-refractivity contribution in [3.05, 3.63) is 103 Å². The maximum absolute atomic E-state index is 4.94. The summed E-state index contributed by atoms with van der Waals surface area (Å²) in [6.07, 6.45) is 10.2. The van der Waals surface area contributed by atoms with Crippen molar-refractivity contribution >= 4 is 33.0 Å². The number of imidazole rings is 1. The number of hydrogen-bond donors (Lipinski definition) is 0. The van der Waals surface area contributed by atoms with Gasteiger partial charge in [0.2, 0.25) is 0 Å². The maximum Gasteiger partial charge on any atom is 0.145 e. The van der Waals surface area contributed by atoms with Crippen molar-refractivity contribution in [1.82, 2.24) is 9.38 Å². The van der Waals surface area contributed by atoms with Gasteiger partial charge < -0.3 is 0 Å². The molecule has 1 aliphatic rings. The van der Waals surface area contributed by atoms with Gasteiger partial charge in [-0.25, -0.2) is 4.98 Å². The SMILES string of the molecule is CC1C=C(c2ccccc2-c2ccc3nc4c5ccccc5ccn4c3c2)C=CC1. The highest BCUT2D eigenvalue weighted by atomic mass is 15.0. The Balaban J connectivity index is 1.57. The lowest BCUT2D eigenvalue weighted by atomic mass is 9.89. The van der Waals surface area contributed by atoms with Crippen LogP contribution in [0.15, 0.2) is 97.2 Å². The third-order valence-corrected chi connectivity index (χ3v) is 6.11. The number of nitrogens with zero attached hydrogens (tertiary/aromatic N) is 2. The molecule has 1 unspecified atom stereocenters. The van der Waals surface area contributed by atoms with E-state index >= 15 is 0 Å². The summed E-state index contributed by atoms with van der Waals surface area (Å²) in [6.45, 7) is 2.28. The monoisotopic (exact) mass is 386 g/mol. The first-order chi connectivity index (χ1) is 14.8. The molecule has 0 spiro atoms. The minimum atomic E-state index is 0.576. The molecule has 0 aliphatic heterocycles. The summed E-state index contributed by atoms with van der Waals surface area (Å²) in [7, 11) is 0. The van der Waals surface area contributed by atoms with E-state index in [1.54, 1.807) is 0 Å². The van der Waals surface area contributed by atoms with Gasteiger partial charge in [-0.1, -0.05) is 79.7 Å². The van der Waals surface area contributed by atoms with Crippen molar-refractivity contribution in [3.63, 3.8) is 0 Å². The van der Waals surface area contributed by atoms with Crippen LogP contribution in [0.25, 0.3) is 44.2 Å². The third kappa shape index (κ3) is 2.68. The van der Waals surface area contributed by atoms with Gasteiger partial charge in [-0.2, -0.15) is 0 Å². The number of hydrogen-bond acceptors (Lipinski definition) is 1. The Morgan fingerprint density at radius 1 is 0.900 bits per heavy atom. The Kier molecular flexibility index (Phi) is 3.85. The van der Waals surface area contributed by atoms with E-state index in [9.17, 15) is 0 Å². The number of fused-ring (bicyclic) bond motifs is 5. The fourth-order valence-corrected chi connectivity index (χ4v) is 4.61. The highest BCUT2D eigenvalue weighted by Crippen LogP contribution is 2.34. The molecule has 0 radical (unpaired) electrons. The summed E-state index contributed by atoms with van der Waals surface area (Å²) in [5.41, 5.74) is 8.27. The number of allylic oxidation sites excluding steroid dienone is 4. The quantitative estimate of drug-likeness (QED) is 0.311. The van der Waals surface area contributed by atoms with Gasteiger partial charge in [0.25, 0.3) is 0 Å². The van der Waals surface area contributed by atoms with Crippen LogP contribution in [-0.4, -0.2) is 9.38 Å². The second-order valence-electron chi connectivity index (χ2n) is 8.19. The lowest BCUT2D eigenvalue weighted by Gasteiger charge is -2.16. The first-order valence-corrected chi connectivity index (χ1v) is 10.6. The molecule has 0 N–H and O–H groups in total. The molecule has 1 aliphatic carbocycles. The summed E-state index contributed by atoms with van der Waals surface area (Å²) in [4.78, 5) is 4.94. The highest BCUT2D eigenvalue weighted by Gasteiger charge is 2.13. The fraction of sp³-hybridized carbons (Fsp3) is 0.107. The molecule has 6 rings (SSSR count). The van der Waals surface area contributed by atoms with Gasteiger partial charge in [-0.05, 0) is 58.2 Å². The van der Waals surface area contributed by atoms with Gasteiger partial charge in [-0.15, -0.1) is 0 Å². The van der Waals surface area contributed by atoms with Crippen LogP contribution in [0.2, 0.25) is 0 Å². The second-order valence-corrected chi connectivity index (χ2v) is 8.19. The van der Waals surface area contributed by atoms with Gasteiger partial charge in [0.15, 0.2) is 0 Å². The zero-order valence-corrected chi connectivity index (χ0v) is 16.9. The average Bonchev–Trinajstić information content (AvgIpc) is 3.17. The average molecular weight is 386 g/mol. The number of pyridine rings is 1. The van der Waals surface area contributed by atoms with Gasteiger partial charge in [-0.3, -0.25) is 4.40 Å². The van der Waals surface area contributed by atoms with E-state index < -0.39 is 0 Å². The molecule has 1 atom stereocenters. The number of aromatic nitrogens is 2. The van der Waals surface area contributed by atoms with Gasteiger partial charge in [0.05, 0.1) is 11.0 Å². The van der Waals surface area contributed by atoms with Gasteiger partial charge in [0, 0.05) is 11.6 Å². The molecule has 2 aromatic heterocycles. The smallest absolute Gasteiger partial charge is 0.145 e. The predicted octanol–water partition coefficient (Wildman–Crippen LogP) is 7.29. The molecule has 5 aromatic rings. The summed E-state index contributed by atoms with van der Waals surface area (Å²) in [6, 6.07) is 26.0. The Morgan fingerprint density at radius 2 is 1.73 bits per heavy atom. The molecular formula is C28H22N2. The van der Waals surface area contributed by atoms with Crippen LogP contribution in [0.3, 0.4) is 0 Å². The Morgan fingerprint density at radius 3 is 2.63 bits per heavy atom. The normalized spacial score (nSPS) is 16.4. The molecular weight excluding hydrogens is 364 g/mol. The van der Waals surface area contributed by atoms with Crippen LogP contribution in [-0.2, 0) is 0 Å². The highest BCUT2D eigenvalue weighted by molar-refractivity contribution is 5.99. The van der Waals surface area contributed by atoms with E-state index in [0.717, 1.165) is 23.1 Å². The molecule has 0 fully saturated rings. The first kappa shape index (κ1) is 17.2. The number of benzene rings is 3. The molecule has 2 heterocycles. The predicted molar refractivity (Wildman–Crippen MR) is 127 cm³/mol. The van der Waals surface area contributed by atoms with E-state index in [1.165, 1.54) is 33.0 Å². The van der Waals surface area contributed by atoms with Crippen LogP contribution in [0.1, 0.15) is 18.9 Å². The summed E-state index contributed by atoms with van der Waals surface area (Å²) < 4.78 is 2.21. The second kappa shape index (κ2) is 6.70. The maximum atomic E-state index is 4.94. The first-order valence-electron chi connectivity index (χ1n) is 10.6. The largest absolute Gasteiger partial charge is 0.299 e. The standard InChI is InChI=1S/C28H22N2/c1-19-7-6-9-21(17-19)23-10-4-5-11-24(23)22-13-14-26-27(18-22)30-16-15-20-8-2-3-12-25(20)28(30)29-26/h2-6,8-19H,7H2,1H3. The topological polar surface area (TPSA) is 17.3 Å².